The van der Waals surface area contributed by atoms with E-state index in [0.717, 1.165) is 37.6 Å². The van der Waals surface area contributed by atoms with Crippen molar-refractivity contribution >= 4 is 22.5 Å². The number of hydrogen-bond donors (Lipinski definition) is 3. The van der Waals surface area contributed by atoms with Crippen molar-refractivity contribution in [2.45, 2.75) is 19.8 Å². The molecule has 3 N–H and O–H groups in total. The quantitative estimate of drug-likeness (QED) is 0.625. The summed E-state index contributed by atoms with van der Waals surface area (Å²) >= 11 is 0. The van der Waals surface area contributed by atoms with Crippen LogP contribution in [-0.4, -0.2) is 28.0 Å². The third kappa shape index (κ3) is 3.36. The third-order valence-corrected chi connectivity index (χ3v) is 3.60. The summed E-state index contributed by atoms with van der Waals surface area (Å²) in [6.07, 6.45) is 5.70. The predicted octanol–water partition coefficient (Wildman–Crippen LogP) is 3.43. The van der Waals surface area contributed by atoms with Crippen molar-refractivity contribution in [3.8, 4) is 0 Å². The van der Waals surface area contributed by atoms with E-state index in [1.807, 2.05) is 12.1 Å². The van der Waals surface area contributed by atoms with E-state index in [1.54, 1.807) is 6.33 Å². The second-order valence-corrected chi connectivity index (χ2v) is 5.25. The number of benzene rings is 1. The Morgan fingerprint density at radius 2 is 1.82 bits per heavy atom. The molecule has 0 radical (unpaired) electrons. The lowest BCUT2D eigenvalue weighted by molar-refractivity contribution is 0.961. The van der Waals surface area contributed by atoms with Crippen molar-refractivity contribution in [1.82, 2.24) is 15.0 Å². The Morgan fingerprint density at radius 3 is 2.64 bits per heavy atom. The molecule has 0 amide bonds. The van der Waals surface area contributed by atoms with Crippen molar-refractivity contribution in [3.63, 3.8) is 0 Å². The number of aromatic amines is 1. The Hall–Kier alpha value is -2.56. The SMILES string of the molecule is CCCNc1cc(NCCc2c[nH]c3ccccc23)ncn1. The van der Waals surface area contributed by atoms with Gasteiger partial charge in [0, 0.05) is 36.3 Å². The Kier molecular flexibility index (Phi) is 4.53. The van der Waals surface area contributed by atoms with Gasteiger partial charge in [0.2, 0.25) is 0 Å². The fraction of sp³-hybridized carbons (Fsp3) is 0.294. The number of fused-ring (bicyclic) bond motifs is 1. The van der Waals surface area contributed by atoms with E-state index in [0.29, 0.717) is 0 Å². The Bertz CT molecular complexity index is 735. The van der Waals surface area contributed by atoms with Gasteiger partial charge < -0.3 is 15.6 Å². The summed E-state index contributed by atoms with van der Waals surface area (Å²) in [5.74, 6) is 1.72. The second-order valence-electron chi connectivity index (χ2n) is 5.25. The minimum absolute atomic E-state index is 0.839. The largest absolute Gasteiger partial charge is 0.370 e. The molecule has 0 saturated carbocycles. The van der Waals surface area contributed by atoms with Crippen molar-refractivity contribution in [3.05, 3.63) is 48.4 Å². The molecule has 5 nitrogen and oxygen atoms in total. The number of nitrogens with one attached hydrogen (secondary N) is 3. The molecule has 5 heteroatoms. The van der Waals surface area contributed by atoms with Gasteiger partial charge in [-0.05, 0) is 24.5 Å². The number of hydrogen-bond acceptors (Lipinski definition) is 4. The fourth-order valence-corrected chi connectivity index (χ4v) is 2.47. The summed E-state index contributed by atoms with van der Waals surface area (Å²) < 4.78 is 0. The van der Waals surface area contributed by atoms with Gasteiger partial charge >= 0.3 is 0 Å². The van der Waals surface area contributed by atoms with Gasteiger partial charge in [-0.3, -0.25) is 0 Å². The van der Waals surface area contributed by atoms with Crippen LogP contribution in [0.3, 0.4) is 0 Å². The zero-order valence-corrected chi connectivity index (χ0v) is 12.8. The number of rotatable bonds is 7. The van der Waals surface area contributed by atoms with Crippen LogP contribution >= 0.6 is 0 Å². The maximum Gasteiger partial charge on any atom is 0.131 e. The van der Waals surface area contributed by atoms with E-state index < -0.39 is 0 Å². The second kappa shape index (κ2) is 6.93. The van der Waals surface area contributed by atoms with Crippen LogP contribution in [0, 0.1) is 0 Å². The molecule has 0 saturated heterocycles. The van der Waals surface area contributed by atoms with E-state index in [-0.39, 0.29) is 0 Å². The Labute approximate surface area is 130 Å². The molecule has 3 aromatic rings. The van der Waals surface area contributed by atoms with Crippen LogP contribution in [0.15, 0.2) is 42.9 Å². The lowest BCUT2D eigenvalue weighted by atomic mass is 10.1. The van der Waals surface area contributed by atoms with Crippen molar-refractivity contribution in [2.24, 2.45) is 0 Å². The summed E-state index contributed by atoms with van der Waals surface area (Å²) in [7, 11) is 0. The molecule has 114 valence electrons. The molecule has 0 fully saturated rings. The zero-order chi connectivity index (χ0) is 15.2. The minimum atomic E-state index is 0.839. The van der Waals surface area contributed by atoms with Crippen molar-refractivity contribution in [2.75, 3.05) is 23.7 Å². The highest BCUT2D eigenvalue weighted by atomic mass is 15.1. The monoisotopic (exact) mass is 295 g/mol. The Balaban J connectivity index is 1.59. The lowest BCUT2D eigenvalue weighted by Crippen LogP contribution is -2.08. The smallest absolute Gasteiger partial charge is 0.131 e. The van der Waals surface area contributed by atoms with Crippen LogP contribution in [-0.2, 0) is 6.42 Å². The van der Waals surface area contributed by atoms with Gasteiger partial charge in [0.1, 0.15) is 18.0 Å². The number of aromatic nitrogens is 3. The highest BCUT2D eigenvalue weighted by molar-refractivity contribution is 5.83. The van der Waals surface area contributed by atoms with Gasteiger partial charge in [0.05, 0.1) is 0 Å². The Morgan fingerprint density at radius 1 is 1.05 bits per heavy atom. The molecule has 0 aliphatic heterocycles. The molecule has 0 aliphatic carbocycles. The summed E-state index contributed by atoms with van der Waals surface area (Å²) in [4.78, 5) is 11.8. The predicted molar refractivity (Wildman–Crippen MR) is 91.3 cm³/mol. The minimum Gasteiger partial charge on any atom is -0.370 e. The van der Waals surface area contributed by atoms with Crippen molar-refractivity contribution < 1.29 is 0 Å². The van der Waals surface area contributed by atoms with E-state index >= 15 is 0 Å². The van der Waals surface area contributed by atoms with Gasteiger partial charge in [0.15, 0.2) is 0 Å². The number of anilines is 2. The summed E-state index contributed by atoms with van der Waals surface area (Å²) in [5, 5.41) is 7.92. The van der Waals surface area contributed by atoms with Gasteiger partial charge in [-0.2, -0.15) is 0 Å². The molecule has 1 aromatic carbocycles. The van der Waals surface area contributed by atoms with E-state index in [4.69, 9.17) is 0 Å². The summed E-state index contributed by atoms with van der Waals surface area (Å²) in [6.45, 7) is 3.90. The number of nitrogens with zero attached hydrogens (tertiary/aromatic N) is 2. The average molecular weight is 295 g/mol. The van der Waals surface area contributed by atoms with Gasteiger partial charge in [0.25, 0.3) is 0 Å². The lowest BCUT2D eigenvalue weighted by Gasteiger charge is -2.07. The van der Waals surface area contributed by atoms with Crippen LogP contribution in [0.4, 0.5) is 11.6 Å². The van der Waals surface area contributed by atoms with Crippen LogP contribution < -0.4 is 10.6 Å². The van der Waals surface area contributed by atoms with Gasteiger partial charge in [-0.15, -0.1) is 0 Å². The summed E-state index contributed by atoms with van der Waals surface area (Å²) in [6, 6.07) is 10.3. The van der Waals surface area contributed by atoms with E-state index in [1.165, 1.54) is 16.5 Å². The fourth-order valence-electron chi connectivity index (χ4n) is 2.47. The third-order valence-electron chi connectivity index (χ3n) is 3.60. The highest BCUT2D eigenvalue weighted by Crippen LogP contribution is 2.18. The maximum absolute atomic E-state index is 4.26. The molecule has 0 unspecified atom stereocenters. The molecule has 22 heavy (non-hydrogen) atoms. The number of H-pyrrole nitrogens is 1. The summed E-state index contributed by atoms with van der Waals surface area (Å²) in [5.41, 5.74) is 2.51. The molecule has 0 aliphatic rings. The van der Waals surface area contributed by atoms with Crippen LogP contribution in [0.5, 0.6) is 0 Å². The highest BCUT2D eigenvalue weighted by Gasteiger charge is 2.03. The van der Waals surface area contributed by atoms with Crippen LogP contribution in [0.25, 0.3) is 10.9 Å². The van der Waals surface area contributed by atoms with Gasteiger partial charge in [-0.1, -0.05) is 25.1 Å². The molecule has 2 aromatic heterocycles. The first kappa shape index (κ1) is 14.4. The molecule has 0 bridgehead atoms. The maximum atomic E-state index is 4.26. The van der Waals surface area contributed by atoms with Gasteiger partial charge in [-0.25, -0.2) is 9.97 Å². The normalized spacial score (nSPS) is 10.8. The molecule has 0 spiro atoms. The van der Waals surface area contributed by atoms with E-state index in [2.05, 4.69) is 56.9 Å². The molecular formula is C17H21N5. The topological polar surface area (TPSA) is 65.6 Å². The standard InChI is InChI=1S/C17H21N5/c1-2-8-18-16-10-17(22-12-21-16)19-9-7-13-11-20-15-6-4-3-5-14(13)15/h3-6,10-12,20H,2,7-9H2,1H3,(H2,18,19,21,22). The number of para-hydroxylation sites is 1. The first-order chi connectivity index (χ1) is 10.9. The first-order valence-corrected chi connectivity index (χ1v) is 7.71. The first-order valence-electron chi connectivity index (χ1n) is 7.71. The molecule has 2 heterocycles. The molecule has 3 rings (SSSR count). The molecule has 0 atom stereocenters. The zero-order valence-electron chi connectivity index (χ0n) is 12.8. The van der Waals surface area contributed by atoms with Crippen molar-refractivity contribution in [1.29, 1.82) is 0 Å². The average Bonchev–Trinajstić information content (AvgIpc) is 2.97. The van der Waals surface area contributed by atoms with Crippen LogP contribution in [0.1, 0.15) is 18.9 Å². The van der Waals surface area contributed by atoms with E-state index in [9.17, 15) is 0 Å². The molecular weight excluding hydrogens is 274 g/mol. The van der Waals surface area contributed by atoms with Crippen LogP contribution in [0.2, 0.25) is 0 Å².